The maximum absolute atomic E-state index is 6.11. The minimum absolute atomic E-state index is 0.120. The molecule has 3 fully saturated rings. The van der Waals surface area contributed by atoms with Crippen molar-refractivity contribution in [3.8, 4) is 0 Å². The molecule has 2 heterocycles. The highest BCUT2D eigenvalue weighted by molar-refractivity contribution is 4.86. The van der Waals surface area contributed by atoms with Gasteiger partial charge >= 0.3 is 0 Å². The van der Waals surface area contributed by atoms with Crippen LogP contribution in [0.15, 0.2) is 0 Å². The molecule has 3 aliphatic rings. The lowest BCUT2D eigenvalue weighted by atomic mass is 10.0. The number of nitrogens with zero attached hydrogens (tertiary/aromatic N) is 1. The quantitative estimate of drug-likeness (QED) is 0.827. The third-order valence-electron chi connectivity index (χ3n) is 5.00. The van der Waals surface area contributed by atoms with Gasteiger partial charge in [-0.1, -0.05) is 0 Å². The third-order valence-corrected chi connectivity index (χ3v) is 5.00. The van der Waals surface area contributed by atoms with Gasteiger partial charge in [-0.05, 0) is 77.9 Å². The number of hydrogen-bond donors (Lipinski definition) is 1. The van der Waals surface area contributed by atoms with Gasteiger partial charge in [0.05, 0.1) is 11.7 Å². The van der Waals surface area contributed by atoms with Gasteiger partial charge in [0.25, 0.3) is 0 Å². The number of piperidine rings is 1. The second-order valence-corrected chi connectivity index (χ2v) is 7.46. The second-order valence-electron chi connectivity index (χ2n) is 7.46. The van der Waals surface area contributed by atoms with E-state index < -0.39 is 0 Å². The van der Waals surface area contributed by atoms with Crippen LogP contribution in [0.4, 0.5) is 0 Å². The minimum atomic E-state index is 0.120. The standard InChI is InChI=1S/C16H30N2O/c1-16(2)8-5-15(19-16)12-18-9-6-14(7-10-18)17-11-13-3-4-13/h13-15,17H,3-12H2,1-2H3. The van der Waals surface area contributed by atoms with Gasteiger partial charge in [0.15, 0.2) is 0 Å². The topological polar surface area (TPSA) is 24.5 Å². The average Bonchev–Trinajstić information content (AvgIpc) is 3.14. The van der Waals surface area contributed by atoms with Gasteiger partial charge in [0, 0.05) is 12.6 Å². The summed E-state index contributed by atoms with van der Waals surface area (Å²) >= 11 is 0. The van der Waals surface area contributed by atoms with Crippen molar-refractivity contribution in [2.75, 3.05) is 26.2 Å². The van der Waals surface area contributed by atoms with Crippen LogP contribution in [0.5, 0.6) is 0 Å². The number of rotatable bonds is 5. The van der Waals surface area contributed by atoms with E-state index in [1.807, 2.05) is 0 Å². The SMILES string of the molecule is CC1(C)CCC(CN2CCC(NCC3CC3)CC2)O1. The van der Waals surface area contributed by atoms with Crippen molar-refractivity contribution in [2.24, 2.45) is 5.92 Å². The summed E-state index contributed by atoms with van der Waals surface area (Å²) in [5, 5.41) is 3.75. The summed E-state index contributed by atoms with van der Waals surface area (Å²) in [5.74, 6) is 1.01. The van der Waals surface area contributed by atoms with Crippen LogP contribution in [0.1, 0.15) is 52.4 Å². The first-order valence-electron chi connectivity index (χ1n) is 8.24. The van der Waals surface area contributed by atoms with E-state index >= 15 is 0 Å². The van der Waals surface area contributed by atoms with Crippen molar-refractivity contribution in [1.29, 1.82) is 0 Å². The monoisotopic (exact) mass is 266 g/mol. The Hall–Kier alpha value is -0.120. The lowest BCUT2D eigenvalue weighted by Crippen LogP contribution is -2.45. The molecule has 1 unspecified atom stereocenters. The van der Waals surface area contributed by atoms with Gasteiger partial charge in [-0.2, -0.15) is 0 Å². The normalized spacial score (nSPS) is 32.8. The number of ether oxygens (including phenoxy) is 1. The Labute approximate surface area is 118 Å². The average molecular weight is 266 g/mol. The van der Waals surface area contributed by atoms with E-state index in [0.29, 0.717) is 6.10 Å². The Morgan fingerprint density at radius 2 is 1.84 bits per heavy atom. The molecule has 2 saturated heterocycles. The molecule has 0 aromatic carbocycles. The molecule has 3 nitrogen and oxygen atoms in total. The Balaban J connectivity index is 1.33. The van der Waals surface area contributed by atoms with Crippen molar-refractivity contribution in [1.82, 2.24) is 10.2 Å². The molecule has 1 saturated carbocycles. The zero-order valence-electron chi connectivity index (χ0n) is 12.7. The first-order valence-corrected chi connectivity index (χ1v) is 8.24. The molecule has 3 heteroatoms. The summed E-state index contributed by atoms with van der Waals surface area (Å²) in [7, 11) is 0. The molecule has 1 atom stereocenters. The molecule has 1 aliphatic carbocycles. The van der Waals surface area contributed by atoms with E-state index in [9.17, 15) is 0 Å². The first-order chi connectivity index (χ1) is 9.11. The Kier molecular flexibility index (Phi) is 4.16. The summed E-state index contributed by atoms with van der Waals surface area (Å²) in [6.07, 6.45) is 8.50. The van der Waals surface area contributed by atoms with Gasteiger partial charge in [-0.25, -0.2) is 0 Å². The van der Waals surface area contributed by atoms with Crippen LogP contribution in [0.2, 0.25) is 0 Å². The van der Waals surface area contributed by atoms with Crippen LogP contribution in [0.3, 0.4) is 0 Å². The molecule has 3 rings (SSSR count). The van der Waals surface area contributed by atoms with Crippen LogP contribution in [0, 0.1) is 5.92 Å². The predicted molar refractivity (Wildman–Crippen MR) is 78.4 cm³/mol. The summed E-state index contributed by atoms with van der Waals surface area (Å²) in [6.45, 7) is 9.37. The maximum atomic E-state index is 6.11. The van der Waals surface area contributed by atoms with Crippen LogP contribution >= 0.6 is 0 Å². The number of likely N-dealkylation sites (tertiary alicyclic amines) is 1. The smallest absolute Gasteiger partial charge is 0.0710 e. The highest BCUT2D eigenvalue weighted by Crippen LogP contribution is 2.30. The molecule has 0 aromatic heterocycles. The summed E-state index contributed by atoms with van der Waals surface area (Å²) in [6, 6.07) is 0.776. The Morgan fingerprint density at radius 1 is 1.11 bits per heavy atom. The zero-order valence-corrected chi connectivity index (χ0v) is 12.7. The van der Waals surface area contributed by atoms with Gasteiger partial charge in [-0.15, -0.1) is 0 Å². The van der Waals surface area contributed by atoms with Crippen molar-refractivity contribution in [3.05, 3.63) is 0 Å². The second kappa shape index (κ2) is 5.71. The summed E-state index contributed by atoms with van der Waals surface area (Å²) in [4.78, 5) is 2.61. The molecule has 110 valence electrons. The van der Waals surface area contributed by atoms with E-state index in [2.05, 4.69) is 24.1 Å². The Morgan fingerprint density at radius 3 is 2.42 bits per heavy atom. The van der Waals surface area contributed by atoms with Gasteiger partial charge in [0.2, 0.25) is 0 Å². The maximum Gasteiger partial charge on any atom is 0.0710 e. The highest BCUT2D eigenvalue weighted by atomic mass is 16.5. The molecule has 19 heavy (non-hydrogen) atoms. The van der Waals surface area contributed by atoms with Gasteiger partial charge in [-0.3, -0.25) is 0 Å². The van der Waals surface area contributed by atoms with Crippen LogP contribution in [-0.4, -0.2) is 48.8 Å². The molecular weight excluding hydrogens is 236 g/mol. The van der Waals surface area contributed by atoms with Gasteiger partial charge < -0.3 is 15.0 Å². The third kappa shape index (κ3) is 4.17. The minimum Gasteiger partial charge on any atom is -0.371 e. The fraction of sp³-hybridized carbons (Fsp3) is 1.00. The lowest BCUT2D eigenvalue weighted by Gasteiger charge is -2.34. The molecule has 0 amide bonds. The fourth-order valence-corrected chi connectivity index (χ4v) is 3.47. The molecule has 0 radical (unpaired) electrons. The molecule has 0 bridgehead atoms. The fourth-order valence-electron chi connectivity index (χ4n) is 3.47. The van der Waals surface area contributed by atoms with Crippen molar-refractivity contribution in [3.63, 3.8) is 0 Å². The van der Waals surface area contributed by atoms with E-state index in [1.165, 1.54) is 58.2 Å². The van der Waals surface area contributed by atoms with Crippen molar-refractivity contribution >= 4 is 0 Å². The summed E-state index contributed by atoms with van der Waals surface area (Å²) < 4.78 is 6.11. The largest absolute Gasteiger partial charge is 0.371 e. The van der Waals surface area contributed by atoms with Crippen LogP contribution in [0.25, 0.3) is 0 Å². The van der Waals surface area contributed by atoms with E-state index in [-0.39, 0.29) is 5.60 Å². The number of nitrogens with one attached hydrogen (secondary N) is 1. The number of hydrogen-bond acceptors (Lipinski definition) is 3. The molecule has 2 aliphatic heterocycles. The van der Waals surface area contributed by atoms with E-state index in [1.54, 1.807) is 0 Å². The molecular formula is C16H30N2O. The van der Waals surface area contributed by atoms with E-state index in [4.69, 9.17) is 4.74 Å². The summed E-state index contributed by atoms with van der Waals surface area (Å²) in [5.41, 5.74) is 0.120. The first kappa shape index (κ1) is 13.8. The molecule has 1 N–H and O–H groups in total. The highest BCUT2D eigenvalue weighted by Gasteiger charge is 2.33. The zero-order chi connectivity index (χ0) is 13.3. The van der Waals surface area contributed by atoms with Crippen molar-refractivity contribution < 1.29 is 4.74 Å². The van der Waals surface area contributed by atoms with E-state index in [0.717, 1.165) is 18.5 Å². The molecule has 0 aromatic rings. The molecule has 0 spiro atoms. The van der Waals surface area contributed by atoms with Crippen molar-refractivity contribution in [2.45, 2.75) is 70.1 Å². The van der Waals surface area contributed by atoms with Gasteiger partial charge in [0.1, 0.15) is 0 Å². The van der Waals surface area contributed by atoms with Crippen LogP contribution < -0.4 is 5.32 Å². The predicted octanol–water partition coefficient (Wildman–Crippen LogP) is 2.41. The van der Waals surface area contributed by atoms with Crippen LogP contribution in [-0.2, 0) is 4.74 Å². The lowest BCUT2D eigenvalue weighted by molar-refractivity contribution is -0.0312. The Bertz CT molecular complexity index is 293.